The molecule has 0 aliphatic rings. The molecular formula is C4H5F3O2S. The molecule has 0 radical (unpaired) electrons. The molecule has 6 heteroatoms. The maximum Gasteiger partial charge on any atom is 0.301 e. The minimum absolute atomic E-state index is 0.571. The van der Waals surface area contributed by atoms with E-state index in [1.807, 2.05) is 0 Å². The van der Waals surface area contributed by atoms with E-state index in [9.17, 15) is 21.6 Å². The topological polar surface area (TPSA) is 34.1 Å². The summed E-state index contributed by atoms with van der Waals surface area (Å²) in [5, 5.41) is 0. The van der Waals surface area contributed by atoms with Crippen LogP contribution in [0.2, 0.25) is 0 Å². The number of thiol groups is 1. The Morgan fingerprint density at radius 2 is 1.70 bits per heavy atom. The smallest absolute Gasteiger partial charge is 0.232 e. The fourth-order valence-corrected chi connectivity index (χ4v) is 0.663. The second kappa shape index (κ2) is 4.32. The lowest BCUT2D eigenvalue weighted by Crippen LogP contribution is -1.88. The quantitative estimate of drug-likeness (QED) is 0.649. The van der Waals surface area contributed by atoms with E-state index in [-0.39, 0.29) is 0 Å². The highest BCUT2D eigenvalue weighted by Crippen LogP contribution is 2.12. The SMILES string of the molecule is O=[SH](=O)CCC(F)=C(F)F. The van der Waals surface area contributed by atoms with Crippen LogP contribution < -0.4 is 0 Å². The minimum atomic E-state index is -2.77. The van der Waals surface area contributed by atoms with Crippen molar-refractivity contribution >= 4 is 10.7 Å². The number of hydrogen-bond acceptors (Lipinski definition) is 2. The van der Waals surface area contributed by atoms with Crippen LogP contribution in [0.15, 0.2) is 11.9 Å². The van der Waals surface area contributed by atoms with Crippen LogP contribution in [0.4, 0.5) is 13.2 Å². The molecule has 0 heterocycles. The van der Waals surface area contributed by atoms with Crippen LogP contribution in [0.3, 0.4) is 0 Å². The zero-order valence-corrected chi connectivity index (χ0v) is 5.71. The van der Waals surface area contributed by atoms with Crippen LogP contribution in [0, 0.1) is 0 Å². The van der Waals surface area contributed by atoms with Gasteiger partial charge in [0.1, 0.15) is 10.7 Å². The van der Waals surface area contributed by atoms with Crippen molar-refractivity contribution in [1.29, 1.82) is 0 Å². The molecule has 0 bridgehead atoms. The molecule has 0 spiro atoms. The zero-order valence-electron chi connectivity index (χ0n) is 4.81. The van der Waals surface area contributed by atoms with E-state index in [1.54, 1.807) is 0 Å². The first-order valence-corrected chi connectivity index (χ1v) is 3.71. The van der Waals surface area contributed by atoms with Crippen molar-refractivity contribution in [3.05, 3.63) is 11.9 Å². The van der Waals surface area contributed by atoms with E-state index in [0.717, 1.165) is 0 Å². The summed E-state index contributed by atoms with van der Waals surface area (Å²) in [5.41, 5.74) is 0. The Balaban J connectivity index is 3.82. The van der Waals surface area contributed by atoms with Gasteiger partial charge in [-0.05, 0) is 0 Å². The number of allylic oxidation sites excluding steroid dienone is 1. The molecule has 0 aliphatic carbocycles. The summed E-state index contributed by atoms with van der Waals surface area (Å²) in [5.74, 6) is -2.22. The summed E-state index contributed by atoms with van der Waals surface area (Å²) in [6.07, 6.45) is -3.18. The molecule has 0 rings (SSSR count). The van der Waals surface area contributed by atoms with Gasteiger partial charge in [-0.1, -0.05) is 0 Å². The predicted molar refractivity (Wildman–Crippen MR) is 30.1 cm³/mol. The highest BCUT2D eigenvalue weighted by Gasteiger charge is 2.04. The third-order valence-electron chi connectivity index (χ3n) is 0.719. The largest absolute Gasteiger partial charge is 0.301 e. The highest BCUT2D eigenvalue weighted by molar-refractivity contribution is 7.72. The van der Waals surface area contributed by atoms with Gasteiger partial charge < -0.3 is 0 Å². The molecule has 0 saturated carbocycles. The molecule has 0 fully saturated rings. The number of halogens is 3. The molecule has 0 atom stereocenters. The van der Waals surface area contributed by atoms with Crippen LogP contribution >= 0.6 is 0 Å². The van der Waals surface area contributed by atoms with Crippen LogP contribution in [-0.2, 0) is 10.7 Å². The average Bonchev–Trinajstić information content (AvgIpc) is 1.82. The molecule has 10 heavy (non-hydrogen) atoms. The summed E-state index contributed by atoms with van der Waals surface area (Å²) in [7, 11) is -2.77. The summed E-state index contributed by atoms with van der Waals surface area (Å²) in [6.45, 7) is 0. The molecule has 0 aromatic rings. The van der Waals surface area contributed by atoms with Crippen molar-refractivity contribution in [1.82, 2.24) is 0 Å². The molecule has 0 aliphatic heterocycles. The van der Waals surface area contributed by atoms with Gasteiger partial charge in [0.25, 0.3) is 0 Å². The first kappa shape index (κ1) is 9.48. The molecule has 0 saturated heterocycles. The van der Waals surface area contributed by atoms with Crippen molar-refractivity contribution in [2.75, 3.05) is 5.75 Å². The number of rotatable bonds is 3. The second-order valence-electron chi connectivity index (χ2n) is 1.47. The van der Waals surface area contributed by atoms with E-state index in [4.69, 9.17) is 0 Å². The van der Waals surface area contributed by atoms with Crippen LogP contribution in [0.25, 0.3) is 0 Å². The van der Waals surface area contributed by atoms with E-state index in [1.165, 1.54) is 0 Å². The van der Waals surface area contributed by atoms with Crippen LogP contribution in [-0.4, -0.2) is 14.2 Å². The number of hydrogen-bond donors (Lipinski definition) is 1. The lowest BCUT2D eigenvalue weighted by molar-refractivity contribution is 0.373. The molecular weight excluding hydrogens is 169 g/mol. The van der Waals surface area contributed by atoms with Crippen molar-refractivity contribution in [3.8, 4) is 0 Å². The van der Waals surface area contributed by atoms with Gasteiger partial charge in [0.05, 0.1) is 5.75 Å². The predicted octanol–water partition coefficient (Wildman–Crippen LogP) is 1.07. The van der Waals surface area contributed by atoms with Gasteiger partial charge in [0.2, 0.25) is 0 Å². The van der Waals surface area contributed by atoms with Gasteiger partial charge in [-0.15, -0.1) is 0 Å². The van der Waals surface area contributed by atoms with Crippen LogP contribution in [0.1, 0.15) is 6.42 Å². The molecule has 0 amide bonds. The Bertz CT molecular complexity index is 197. The molecule has 0 unspecified atom stereocenters. The van der Waals surface area contributed by atoms with Gasteiger partial charge in [0, 0.05) is 6.42 Å². The standard InChI is InChI=1S/C4H5F3O2S/c5-3(4(6)7)1-2-10(8)9/h10H,1-2H2. The Hall–Kier alpha value is -0.520. The Morgan fingerprint density at radius 3 is 2.00 bits per heavy atom. The van der Waals surface area contributed by atoms with E-state index < -0.39 is 34.8 Å². The second-order valence-corrected chi connectivity index (χ2v) is 2.58. The summed E-state index contributed by atoms with van der Waals surface area (Å²) < 4.78 is 53.6. The Labute approximate surface area is 57.3 Å². The Kier molecular flexibility index (Phi) is 4.10. The molecule has 0 aromatic heterocycles. The fourth-order valence-electron chi connectivity index (χ4n) is 0.284. The van der Waals surface area contributed by atoms with Gasteiger partial charge in [-0.25, -0.2) is 12.8 Å². The van der Waals surface area contributed by atoms with Crippen molar-refractivity contribution < 1.29 is 21.6 Å². The van der Waals surface area contributed by atoms with E-state index >= 15 is 0 Å². The van der Waals surface area contributed by atoms with Crippen molar-refractivity contribution in [3.63, 3.8) is 0 Å². The van der Waals surface area contributed by atoms with Crippen molar-refractivity contribution in [2.45, 2.75) is 6.42 Å². The highest BCUT2D eigenvalue weighted by atomic mass is 32.2. The maximum atomic E-state index is 11.7. The zero-order chi connectivity index (χ0) is 8.15. The molecule has 2 nitrogen and oxygen atoms in total. The summed E-state index contributed by atoms with van der Waals surface area (Å²) >= 11 is 0. The fraction of sp³-hybridized carbons (Fsp3) is 0.500. The van der Waals surface area contributed by atoms with Crippen LogP contribution in [0.5, 0.6) is 0 Å². The molecule has 0 N–H and O–H groups in total. The summed E-state index contributed by atoms with van der Waals surface area (Å²) in [4.78, 5) is 0. The average molecular weight is 174 g/mol. The summed E-state index contributed by atoms with van der Waals surface area (Å²) in [6, 6.07) is 0. The lowest BCUT2D eigenvalue weighted by atomic mass is 10.4. The van der Waals surface area contributed by atoms with Gasteiger partial charge >= 0.3 is 6.08 Å². The minimum Gasteiger partial charge on any atom is -0.232 e. The monoisotopic (exact) mass is 174 g/mol. The molecule has 0 aromatic carbocycles. The van der Waals surface area contributed by atoms with E-state index in [0.29, 0.717) is 0 Å². The van der Waals surface area contributed by atoms with E-state index in [2.05, 4.69) is 0 Å². The third-order valence-corrected chi connectivity index (χ3v) is 1.31. The first-order chi connectivity index (χ1) is 4.54. The lowest BCUT2D eigenvalue weighted by Gasteiger charge is -1.87. The van der Waals surface area contributed by atoms with Gasteiger partial charge in [0.15, 0.2) is 5.83 Å². The van der Waals surface area contributed by atoms with Gasteiger partial charge in [-0.2, -0.15) is 8.78 Å². The van der Waals surface area contributed by atoms with Crippen molar-refractivity contribution in [2.24, 2.45) is 0 Å². The van der Waals surface area contributed by atoms with Gasteiger partial charge in [-0.3, -0.25) is 0 Å². The Morgan fingerprint density at radius 1 is 1.20 bits per heavy atom. The first-order valence-electron chi connectivity index (χ1n) is 2.35. The maximum absolute atomic E-state index is 11.7. The normalized spacial score (nSPS) is 10.0. The third kappa shape index (κ3) is 4.37. The molecule has 60 valence electrons.